The molecule has 4 nitrogen and oxygen atoms in total. The Morgan fingerprint density at radius 3 is 2.62 bits per heavy atom. The van der Waals surface area contributed by atoms with Crippen LogP contribution < -0.4 is 11.1 Å². The van der Waals surface area contributed by atoms with Crippen molar-refractivity contribution in [3.63, 3.8) is 0 Å². The van der Waals surface area contributed by atoms with Gasteiger partial charge in [0, 0.05) is 5.02 Å². The lowest BCUT2D eigenvalue weighted by Gasteiger charge is -2.08. The Morgan fingerprint density at radius 2 is 1.86 bits per heavy atom. The molecule has 0 aliphatic rings. The number of carbonyl (C=O) groups excluding carboxylic acids is 1. The summed E-state index contributed by atoms with van der Waals surface area (Å²) < 4.78 is 5.46. The third kappa shape index (κ3) is 4.77. The van der Waals surface area contributed by atoms with Crippen molar-refractivity contribution in [1.82, 2.24) is 0 Å². The molecule has 1 amide bonds. The number of para-hydroxylation sites is 2. The highest BCUT2D eigenvalue weighted by atomic mass is 35.5. The fourth-order valence-corrected chi connectivity index (χ4v) is 1.98. The molecular weight excluding hydrogens is 288 g/mol. The van der Waals surface area contributed by atoms with Crippen LogP contribution >= 0.6 is 11.6 Å². The van der Waals surface area contributed by atoms with Gasteiger partial charge in [-0.3, -0.25) is 4.79 Å². The average molecular weight is 305 g/mol. The summed E-state index contributed by atoms with van der Waals surface area (Å²) in [6.07, 6.45) is 0.263. The van der Waals surface area contributed by atoms with E-state index in [4.69, 9.17) is 22.1 Å². The lowest BCUT2D eigenvalue weighted by Crippen LogP contribution is -2.15. The number of hydrogen-bond acceptors (Lipinski definition) is 3. The number of nitrogen functional groups attached to an aromatic ring is 1. The molecule has 0 unspecified atom stereocenters. The van der Waals surface area contributed by atoms with Crippen molar-refractivity contribution in [2.24, 2.45) is 0 Å². The summed E-state index contributed by atoms with van der Waals surface area (Å²) in [5, 5.41) is 3.42. The largest absolute Gasteiger partial charge is 0.397 e. The van der Waals surface area contributed by atoms with Gasteiger partial charge in [0.05, 0.1) is 31.0 Å². The van der Waals surface area contributed by atoms with E-state index in [2.05, 4.69) is 5.32 Å². The number of anilines is 2. The maximum absolute atomic E-state index is 11.8. The van der Waals surface area contributed by atoms with Crippen LogP contribution in [0.2, 0.25) is 5.02 Å². The van der Waals surface area contributed by atoms with Crippen molar-refractivity contribution < 1.29 is 9.53 Å². The van der Waals surface area contributed by atoms with E-state index < -0.39 is 0 Å². The van der Waals surface area contributed by atoms with E-state index in [1.165, 1.54) is 0 Å². The van der Waals surface area contributed by atoms with E-state index in [0.717, 1.165) is 5.56 Å². The van der Waals surface area contributed by atoms with Gasteiger partial charge in [0.25, 0.3) is 0 Å². The Balaban J connectivity index is 1.73. The average Bonchev–Trinajstić information content (AvgIpc) is 2.48. The zero-order valence-electron chi connectivity index (χ0n) is 11.5. The Morgan fingerprint density at radius 1 is 1.14 bits per heavy atom. The number of ether oxygens (including phenoxy) is 1. The predicted octanol–water partition coefficient (Wildman–Crippen LogP) is 3.47. The fraction of sp³-hybridized carbons (Fsp3) is 0.188. The van der Waals surface area contributed by atoms with Gasteiger partial charge in [0.1, 0.15) is 0 Å². The topological polar surface area (TPSA) is 64.3 Å². The Bertz CT molecular complexity index is 617. The second-order valence-electron chi connectivity index (χ2n) is 4.53. The first kappa shape index (κ1) is 15.4. The molecule has 0 aliphatic carbocycles. The summed E-state index contributed by atoms with van der Waals surface area (Å²) in [6, 6.07) is 14.6. The number of nitrogens with one attached hydrogen (secondary N) is 1. The van der Waals surface area contributed by atoms with Gasteiger partial charge in [0.15, 0.2) is 0 Å². The number of hydrogen-bond donors (Lipinski definition) is 2. The second kappa shape index (κ2) is 7.67. The van der Waals surface area contributed by atoms with Gasteiger partial charge < -0.3 is 15.8 Å². The van der Waals surface area contributed by atoms with E-state index in [1.54, 1.807) is 12.1 Å². The molecular formula is C16H17ClN2O2. The first-order valence-electron chi connectivity index (χ1n) is 6.62. The van der Waals surface area contributed by atoms with Gasteiger partial charge in [-0.2, -0.15) is 0 Å². The first-order chi connectivity index (χ1) is 10.2. The van der Waals surface area contributed by atoms with Gasteiger partial charge in [-0.15, -0.1) is 0 Å². The number of amides is 1. The van der Waals surface area contributed by atoms with E-state index >= 15 is 0 Å². The zero-order chi connectivity index (χ0) is 15.1. The molecule has 0 aliphatic heterocycles. The van der Waals surface area contributed by atoms with Gasteiger partial charge in [0.2, 0.25) is 5.91 Å². The molecule has 0 spiro atoms. The van der Waals surface area contributed by atoms with Crippen LogP contribution in [0.5, 0.6) is 0 Å². The zero-order valence-corrected chi connectivity index (χ0v) is 12.3. The van der Waals surface area contributed by atoms with Gasteiger partial charge in [-0.05, 0) is 23.8 Å². The third-order valence-electron chi connectivity index (χ3n) is 2.92. The van der Waals surface area contributed by atoms with Crippen molar-refractivity contribution in [3.05, 3.63) is 59.1 Å². The normalized spacial score (nSPS) is 10.3. The number of rotatable bonds is 6. The summed E-state index contributed by atoms with van der Waals surface area (Å²) >= 11 is 6.02. The summed E-state index contributed by atoms with van der Waals surface area (Å²) in [4.78, 5) is 11.8. The Hall–Kier alpha value is -2.04. The van der Waals surface area contributed by atoms with Crippen molar-refractivity contribution in [3.8, 4) is 0 Å². The molecule has 0 aromatic heterocycles. The lowest BCUT2D eigenvalue weighted by molar-refractivity contribution is -0.117. The first-order valence-corrected chi connectivity index (χ1v) is 7.00. The number of nitrogens with two attached hydrogens (primary N) is 1. The van der Waals surface area contributed by atoms with Crippen molar-refractivity contribution in [1.29, 1.82) is 0 Å². The van der Waals surface area contributed by atoms with E-state index in [-0.39, 0.29) is 12.3 Å². The van der Waals surface area contributed by atoms with Crippen molar-refractivity contribution in [2.45, 2.75) is 13.0 Å². The van der Waals surface area contributed by atoms with Crippen molar-refractivity contribution >= 4 is 28.9 Å². The quantitative estimate of drug-likeness (QED) is 0.634. The Labute approximate surface area is 128 Å². The maximum atomic E-state index is 11.8. The van der Waals surface area contributed by atoms with E-state index in [0.29, 0.717) is 29.6 Å². The molecule has 0 fully saturated rings. The summed E-state index contributed by atoms with van der Waals surface area (Å²) in [5.41, 5.74) is 7.83. The molecule has 0 saturated carbocycles. The Kier molecular flexibility index (Phi) is 5.60. The minimum atomic E-state index is -0.132. The SMILES string of the molecule is Nc1ccccc1NC(=O)CCOCc1ccccc1Cl. The number of halogens is 1. The monoisotopic (exact) mass is 304 g/mol. The molecule has 0 heterocycles. The predicted molar refractivity (Wildman–Crippen MR) is 85.2 cm³/mol. The van der Waals surface area contributed by atoms with E-state index in [9.17, 15) is 4.79 Å². The van der Waals surface area contributed by atoms with Gasteiger partial charge in [-0.25, -0.2) is 0 Å². The number of benzene rings is 2. The minimum Gasteiger partial charge on any atom is -0.397 e. The van der Waals surface area contributed by atoms with Crippen LogP contribution in [0.15, 0.2) is 48.5 Å². The smallest absolute Gasteiger partial charge is 0.226 e. The number of carbonyl (C=O) groups is 1. The van der Waals surface area contributed by atoms with Crippen LogP contribution in [0.25, 0.3) is 0 Å². The van der Waals surface area contributed by atoms with Crippen LogP contribution in [-0.4, -0.2) is 12.5 Å². The second-order valence-corrected chi connectivity index (χ2v) is 4.94. The van der Waals surface area contributed by atoms with Crippen LogP contribution in [0.3, 0.4) is 0 Å². The summed E-state index contributed by atoms with van der Waals surface area (Å²) in [5.74, 6) is -0.132. The molecule has 0 saturated heterocycles. The fourth-order valence-electron chi connectivity index (χ4n) is 1.79. The molecule has 110 valence electrons. The molecule has 0 bridgehead atoms. The van der Waals surface area contributed by atoms with Crippen LogP contribution in [0.1, 0.15) is 12.0 Å². The van der Waals surface area contributed by atoms with Crippen molar-refractivity contribution in [2.75, 3.05) is 17.7 Å². The molecule has 0 radical (unpaired) electrons. The molecule has 21 heavy (non-hydrogen) atoms. The third-order valence-corrected chi connectivity index (χ3v) is 3.29. The summed E-state index contributed by atoms with van der Waals surface area (Å²) in [7, 11) is 0. The highest BCUT2D eigenvalue weighted by Gasteiger charge is 2.05. The van der Waals surface area contributed by atoms with Gasteiger partial charge in [-0.1, -0.05) is 41.9 Å². The molecule has 3 N–H and O–H groups in total. The maximum Gasteiger partial charge on any atom is 0.226 e. The van der Waals surface area contributed by atoms with Crippen LogP contribution in [0, 0.1) is 0 Å². The molecule has 2 aromatic rings. The highest BCUT2D eigenvalue weighted by molar-refractivity contribution is 6.31. The molecule has 5 heteroatoms. The van der Waals surface area contributed by atoms with Gasteiger partial charge >= 0.3 is 0 Å². The van der Waals surface area contributed by atoms with E-state index in [1.807, 2.05) is 36.4 Å². The molecule has 2 rings (SSSR count). The van der Waals surface area contributed by atoms with Crippen LogP contribution in [0.4, 0.5) is 11.4 Å². The standard InChI is InChI=1S/C16H17ClN2O2/c17-13-6-2-1-5-12(13)11-21-10-9-16(20)19-15-8-4-3-7-14(15)18/h1-8H,9-11,18H2,(H,19,20). The highest BCUT2D eigenvalue weighted by Crippen LogP contribution is 2.17. The minimum absolute atomic E-state index is 0.132. The molecule has 2 aromatic carbocycles. The lowest BCUT2D eigenvalue weighted by atomic mass is 10.2. The molecule has 0 atom stereocenters. The summed E-state index contributed by atoms with van der Waals surface area (Å²) in [6.45, 7) is 0.713. The van der Waals surface area contributed by atoms with Crippen LogP contribution in [-0.2, 0) is 16.1 Å².